The standard InChI is InChI=1S/C11H14N6OS/c1-6-10(16-19-15-6)11(18)12-4-8-3-9-14-13-7(2)17(9)5-8/h8H,3-5H2,1-2H3,(H,12,18). The molecule has 100 valence electrons. The molecule has 3 heterocycles. The number of carbonyl (C=O) groups is 1. The molecule has 8 heteroatoms. The zero-order valence-corrected chi connectivity index (χ0v) is 11.6. The second-order valence-electron chi connectivity index (χ2n) is 4.75. The summed E-state index contributed by atoms with van der Waals surface area (Å²) in [6.07, 6.45) is 0.857. The van der Waals surface area contributed by atoms with E-state index in [0.717, 1.165) is 36.3 Å². The van der Waals surface area contributed by atoms with E-state index in [9.17, 15) is 4.79 Å². The topological polar surface area (TPSA) is 85.6 Å². The van der Waals surface area contributed by atoms with Crippen LogP contribution in [-0.4, -0.2) is 36.0 Å². The molecule has 0 fully saturated rings. The minimum absolute atomic E-state index is 0.148. The van der Waals surface area contributed by atoms with E-state index in [-0.39, 0.29) is 5.91 Å². The maximum Gasteiger partial charge on any atom is 0.272 e. The van der Waals surface area contributed by atoms with Gasteiger partial charge >= 0.3 is 0 Å². The van der Waals surface area contributed by atoms with E-state index in [4.69, 9.17) is 0 Å². The molecule has 0 bridgehead atoms. The minimum atomic E-state index is -0.148. The van der Waals surface area contributed by atoms with E-state index in [2.05, 4.69) is 28.8 Å². The molecular formula is C11H14N6OS. The molecule has 1 unspecified atom stereocenters. The Bertz CT molecular complexity index is 618. The van der Waals surface area contributed by atoms with Crippen molar-refractivity contribution in [2.75, 3.05) is 6.54 Å². The van der Waals surface area contributed by atoms with Crippen molar-refractivity contribution in [2.24, 2.45) is 5.92 Å². The van der Waals surface area contributed by atoms with Crippen molar-refractivity contribution in [1.29, 1.82) is 0 Å². The number of nitrogens with zero attached hydrogens (tertiary/aromatic N) is 5. The molecule has 3 rings (SSSR count). The van der Waals surface area contributed by atoms with Crippen molar-refractivity contribution in [3.8, 4) is 0 Å². The van der Waals surface area contributed by atoms with Gasteiger partial charge < -0.3 is 9.88 Å². The van der Waals surface area contributed by atoms with Gasteiger partial charge in [-0.25, -0.2) is 0 Å². The third kappa shape index (κ3) is 2.23. The lowest BCUT2D eigenvalue weighted by atomic mass is 10.1. The van der Waals surface area contributed by atoms with Crippen LogP contribution in [0.5, 0.6) is 0 Å². The maximum absolute atomic E-state index is 11.9. The quantitative estimate of drug-likeness (QED) is 0.875. The molecule has 1 aliphatic heterocycles. The first-order chi connectivity index (χ1) is 9.15. The van der Waals surface area contributed by atoms with Gasteiger partial charge in [0.15, 0.2) is 5.69 Å². The van der Waals surface area contributed by atoms with Gasteiger partial charge in [-0.15, -0.1) is 10.2 Å². The number of rotatable bonds is 3. The molecule has 1 amide bonds. The summed E-state index contributed by atoms with van der Waals surface area (Å²) in [7, 11) is 0. The van der Waals surface area contributed by atoms with Crippen molar-refractivity contribution in [3.05, 3.63) is 23.0 Å². The third-order valence-corrected chi connectivity index (χ3v) is 3.96. The van der Waals surface area contributed by atoms with Crippen molar-refractivity contribution in [1.82, 2.24) is 28.8 Å². The second-order valence-corrected chi connectivity index (χ2v) is 5.28. The van der Waals surface area contributed by atoms with Crippen LogP contribution >= 0.6 is 11.7 Å². The Hall–Kier alpha value is -1.83. The molecule has 0 saturated heterocycles. The molecule has 2 aromatic heterocycles. The van der Waals surface area contributed by atoms with E-state index in [1.165, 1.54) is 0 Å². The van der Waals surface area contributed by atoms with E-state index >= 15 is 0 Å². The molecule has 0 spiro atoms. The molecule has 2 aromatic rings. The fourth-order valence-electron chi connectivity index (χ4n) is 2.29. The number of fused-ring (bicyclic) bond motifs is 1. The average molecular weight is 278 g/mol. The van der Waals surface area contributed by atoms with Crippen LogP contribution in [0, 0.1) is 19.8 Å². The highest BCUT2D eigenvalue weighted by Crippen LogP contribution is 2.19. The normalized spacial score (nSPS) is 17.5. The van der Waals surface area contributed by atoms with Gasteiger partial charge in [0.2, 0.25) is 0 Å². The molecular weight excluding hydrogens is 264 g/mol. The number of carbonyl (C=O) groups excluding carboxylic acids is 1. The number of nitrogens with one attached hydrogen (secondary N) is 1. The summed E-state index contributed by atoms with van der Waals surface area (Å²) in [5.74, 6) is 2.16. The molecule has 19 heavy (non-hydrogen) atoms. The highest BCUT2D eigenvalue weighted by Gasteiger charge is 2.25. The van der Waals surface area contributed by atoms with Crippen LogP contribution in [0.3, 0.4) is 0 Å². The molecule has 1 aliphatic rings. The maximum atomic E-state index is 11.9. The lowest BCUT2D eigenvalue weighted by Gasteiger charge is -2.10. The van der Waals surface area contributed by atoms with Crippen molar-refractivity contribution < 1.29 is 4.79 Å². The Labute approximate surface area is 114 Å². The highest BCUT2D eigenvalue weighted by molar-refractivity contribution is 6.99. The monoisotopic (exact) mass is 278 g/mol. The van der Waals surface area contributed by atoms with Gasteiger partial charge in [0.25, 0.3) is 5.91 Å². The van der Waals surface area contributed by atoms with Crippen molar-refractivity contribution in [3.63, 3.8) is 0 Å². The zero-order valence-electron chi connectivity index (χ0n) is 10.8. The van der Waals surface area contributed by atoms with E-state index in [0.29, 0.717) is 23.9 Å². The van der Waals surface area contributed by atoms with Crippen LogP contribution in [0.25, 0.3) is 0 Å². The predicted octanol–water partition coefficient (Wildman–Crippen LogP) is 0.349. The Morgan fingerprint density at radius 1 is 1.42 bits per heavy atom. The summed E-state index contributed by atoms with van der Waals surface area (Å²) in [5.41, 5.74) is 1.11. The fourth-order valence-corrected chi connectivity index (χ4v) is 2.84. The first kappa shape index (κ1) is 12.2. The van der Waals surface area contributed by atoms with Gasteiger partial charge in [0.1, 0.15) is 11.6 Å². The number of hydrogen-bond donors (Lipinski definition) is 1. The molecule has 0 aliphatic carbocycles. The van der Waals surface area contributed by atoms with Gasteiger partial charge in [-0.1, -0.05) is 0 Å². The summed E-state index contributed by atoms with van der Waals surface area (Å²) >= 11 is 1.06. The first-order valence-electron chi connectivity index (χ1n) is 6.11. The number of amides is 1. The van der Waals surface area contributed by atoms with Crippen LogP contribution in [0.4, 0.5) is 0 Å². The lowest BCUT2D eigenvalue weighted by Crippen LogP contribution is -2.30. The van der Waals surface area contributed by atoms with Gasteiger partial charge in [0, 0.05) is 25.4 Å². The lowest BCUT2D eigenvalue weighted by molar-refractivity contribution is 0.0942. The van der Waals surface area contributed by atoms with Gasteiger partial charge in [-0.3, -0.25) is 4.79 Å². The Kier molecular flexibility index (Phi) is 3.02. The van der Waals surface area contributed by atoms with Gasteiger partial charge in [-0.2, -0.15) is 8.75 Å². The van der Waals surface area contributed by atoms with Crippen LogP contribution in [0.15, 0.2) is 0 Å². The third-order valence-electron chi connectivity index (χ3n) is 3.34. The van der Waals surface area contributed by atoms with E-state index in [1.54, 1.807) is 6.92 Å². The van der Waals surface area contributed by atoms with Crippen LogP contribution < -0.4 is 5.32 Å². The second kappa shape index (κ2) is 4.69. The fraction of sp³-hybridized carbons (Fsp3) is 0.545. The Balaban J connectivity index is 1.57. The SMILES string of the molecule is Cc1nsnc1C(=O)NCC1Cc2nnc(C)n2C1. The van der Waals surface area contributed by atoms with Crippen LogP contribution in [0.1, 0.15) is 27.8 Å². The highest BCUT2D eigenvalue weighted by atomic mass is 32.1. The van der Waals surface area contributed by atoms with Crippen LogP contribution in [0.2, 0.25) is 0 Å². The number of aryl methyl sites for hydroxylation is 2. The van der Waals surface area contributed by atoms with Crippen molar-refractivity contribution in [2.45, 2.75) is 26.8 Å². The minimum Gasteiger partial charge on any atom is -0.350 e. The molecule has 1 N–H and O–H groups in total. The molecule has 1 atom stereocenters. The van der Waals surface area contributed by atoms with Crippen LogP contribution in [-0.2, 0) is 13.0 Å². The van der Waals surface area contributed by atoms with E-state index < -0.39 is 0 Å². The predicted molar refractivity (Wildman–Crippen MR) is 68.9 cm³/mol. The summed E-state index contributed by atoms with van der Waals surface area (Å²) in [6.45, 7) is 5.22. The van der Waals surface area contributed by atoms with Gasteiger partial charge in [-0.05, 0) is 13.8 Å². The Morgan fingerprint density at radius 2 is 2.26 bits per heavy atom. The number of aromatic nitrogens is 5. The molecule has 0 saturated carbocycles. The van der Waals surface area contributed by atoms with Gasteiger partial charge in [0.05, 0.1) is 17.4 Å². The summed E-state index contributed by atoms with van der Waals surface area (Å²) in [4.78, 5) is 11.9. The average Bonchev–Trinajstić information content (AvgIpc) is 3.05. The molecule has 0 aromatic carbocycles. The summed E-state index contributed by atoms with van der Waals surface area (Å²) < 4.78 is 10.1. The Morgan fingerprint density at radius 3 is 2.95 bits per heavy atom. The smallest absolute Gasteiger partial charge is 0.272 e. The first-order valence-corrected chi connectivity index (χ1v) is 6.84. The van der Waals surface area contributed by atoms with Crippen molar-refractivity contribution >= 4 is 17.6 Å². The summed E-state index contributed by atoms with van der Waals surface area (Å²) in [5, 5.41) is 11.1. The zero-order chi connectivity index (χ0) is 13.4. The largest absolute Gasteiger partial charge is 0.350 e. The summed E-state index contributed by atoms with van der Waals surface area (Å²) in [6, 6.07) is 0. The number of hydrogen-bond acceptors (Lipinski definition) is 6. The van der Waals surface area contributed by atoms with E-state index in [1.807, 2.05) is 6.92 Å². The molecule has 0 radical (unpaired) electrons. The molecule has 7 nitrogen and oxygen atoms in total.